The summed E-state index contributed by atoms with van der Waals surface area (Å²) in [5.74, 6) is 1.04. The lowest BCUT2D eigenvalue weighted by Gasteiger charge is -2.36. The molecular weight excluding hydrogens is 405 g/mol. The maximum absolute atomic E-state index is 13.6. The van der Waals surface area contributed by atoms with Crippen LogP contribution >= 0.6 is 0 Å². The molecule has 2 aliphatic heterocycles. The molecule has 0 saturated carbocycles. The fraction of sp³-hybridized carbons (Fsp3) is 0.478. The molecule has 4 rings (SSSR count). The van der Waals surface area contributed by atoms with E-state index >= 15 is 0 Å². The van der Waals surface area contributed by atoms with Gasteiger partial charge in [0.05, 0.1) is 18.0 Å². The molecule has 2 aromatic rings. The van der Waals surface area contributed by atoms with Crippen LogP contribution in [0.3, 0.4) is 0 Å². The van der Waals surface area contributed by atoms with Crippen molar-refractivity contribution in [1.29, 1.82) is 0 Å². The summed E-state index contributed by atoms with van der Waals surface area (Å²) in [5.41, 5.74) is 2.18. The number of rotatable bonds is 6. The first-order chi connectivity index (χ1) is 14.2. The van der Waals surface area contributed by atoms with Crippen molar-refractivity contribution in [2.45, 2.75) is 58.1 Å². The van der Waals surface area contributed by atoms with Gasteiger partial charge >= 0.3 is 0 Å². The number of para-hydroxylation sites is 1. The summed E-state index contributed by atoms with van der Waals surface area (Å²) in [6.45, 7) is 6.24. The fourth-order valence-electron chi connectivity index (χ4n) is 4.34. The average Bonchev–Trinajstić information content (AvgIpc) is 2.99. The highest BCUT2D eigenvalue weighted by Crippen LogP contribution is 2.41. The molecule has 5 nitrogen and oxygen atoms in total. The van der Waals surface area contributed by atoms with E-state index in [1.54, 1.807) is 6.07 Å². The molecule has 0 aromatic heterocycles. The lowest BCUT2D eigenvalue weighted by molar-refractivity contribution is 0.132. The van der Waals surface area contributed by atoms with Gasteiger partial charge in [0.25, 0.3) is 0 Å². The van der Waals surface area contributed by atoms with Crippen molar-refractivity contribution in [3.05, 3.63) is 53.3 Å². The first-order valence-electron chi connectivity index (χ1n) is 10.4. The van der Waals surface area contributed by atoms with Crippen LogP contribution in [0.15, 0.2) is 36.4 Å². The van der Waals surface area contributed by atoms with Gasteiger partial charge < -0.3 is 9.47 Å². The summed E-state index contributed by atoms with van der Waals surface area (Å²) in [4.78, 5) is 0. The molecule has 0 fully saturated rings. The van der Waals surface area contributed by atoms with E-state index in [9.17, 15) is 12.8 Å². The van der Waals surface area contributed by atoms with Gasteiger partial charge in [0.1, 0.15) is 11.4 Å². The molecule has 0 radical (unpaired) electrons. The monoisotopic (exact) mass is 433 g/mol. The Labute approximate surface area is 177 Å². The second kappa shape index (κ2) is 7.76. The lowest BCUT2D eigenvalue weighted by Crippen LogP contribution is -2.43. The smallest absolute Gasteiger partial charge is 0.235 e. The highest BCUT2D eigenvalue weighted by molar-refractivity contribution is 7.92. The Morgan fingerprint density at radius 3 is 2.83 bits per heavy atom. The van der Waals surface area contributed by atoms with Crippen LogP contribution in [0.5, 0.6) is 11.5 Å². The van der Waals surface area contributed by atoms with Crippen molar-refractivity contribution < 1.29 is 22.3 Å². The maximum atomic E-state index is 13.6. The Bertz CT molecular complexity index is 1050. The third-order valence-corrected chi connectivity index (χ3v) is 7.63. The van der Waals surface area contributed by atoms with E-state index < -0.39 is 10.0 Å². The summed E-state index contributed by atoms with van der Waals surface area (Å²) in [6, 6.07) is 9.99. The predicted molar refractivity (Wildman–Crippen MR) is 115 cm³/mol. The Morgan fingerprint density at radius 2 is 2.03 bits per heavy atom. The number of aryl methyl sites for hydroxylation is 1. The van der Waals surface area contributed by atoms with Crippen molar-refractivity contribution in [3.63, 3.8) is 0 Å². The first kappa shape index (κ1) is 21.0. The number of halogens is 1. The van der Waals surface area contributed by atoms with Crippen molar-refractivity contribution >= 4 is 15.7 Å². The van der Waals surface area contributed by atoms with E-state index in [0.717, 1.165) is 23.3 Å². The van der Waals surface area contributed by atoms with Gasteiger partial charge in [-0.1, -0.05) is 12.1 Å². The van der Waals surface area contributed by atoms with Gasteiger partial charge in [-0.25, -0.2) is 12.8 Å². The molecule has 2 heterocycles. The van der Waals surface area contributed by atoms with Crippen molar-refractivity contribution in [2.24, 2.45) is 0 Å². The van der Waals surface area contributed by atoms with Crippen molar-refractivity contribution in [2.75, 3.05) is 16.7 Å². The van der Waals surface area contributed by atoms with Gasteiger partial charge in [0, 0.05) is 18.0 Å². The van der Waals surface area contributed by atoms with E-state index in [-0.39, 0.29) is 29.8 Å². The fourth-order valence-corrected chi connectivity index (χ4v) is 6.15. The minimum Gasteiger partial charge on any atom is -0.490 e. The van der Waals surface area contributed by atoms with Gasteiger partial charge in [-0.05, 0) is 69.9 Å². The third-order valence-electron chi connectivity index (χ3n) is 5.67. The third kappa shape index (κ3) is 4.13. The summed E-state index contributed by atoms with van der Waals surface area (Å²) in [5, 5.41) is 0. The summed E-state index contributed by atoms with van der Waals surface area (Å²) in [7, 11) is -3.54. The molecular formula is C23H28FNO4S. The molecule has 1 atom stereocenters. The second-order valence-corrected chi connectivity index (χ2v) is 10.7. The minimum atomic E-state index is -3.54. The number of sulfonamides is 1. The zero-order chi connectivity index (χ0) is 21.5. The standard InChI is InChI=1S/C23H28FNO4S/c1-16-8-9-17-14-19(24)10-11-20(17)25(16)30(26,27)13-5-12-28-21-7-4-6-18-15-23(2,3)29-22(18)21/h4,6-7,10-11,14,16H,5,8-9,12-13,15H2,1-3H3. The van der Waals surface area contributed by atoms with Crippen molar-refractivity contribution in [1.82, 2.24) is 0 Å². The average molecular weight is 434 g/mol. The van der Waals surface area contributed by atoms with Crippen LogP contribution in [0.2, 0.25) is 0 Å². The Hall–Kier alpha value is -2.28. The molecule has 162 valence electrons. The minimum absolute atomic E-state index is 0.0322. The number of benzene rings is 2. The highest BCUT2D eigenvalue weighted by Gasteiger charge is 2.33. The van der Waals surface area contributed by atoms with E-state index in [2.05, 4.69) is 0 Å². The van der Waals surface area contributed by atoms with Crippen molar-refractivity contribution in [3.8, 4) is 11.5 Å². The number of anilines is 1. The van der Waals surface area contributed by atoms with Gasteiger partial charge in [-0.15, -0.1) is 0 Å². The van der Waals surface area contributed by atoms with Crippen LogP contribution in [0.4, 0.5) is 10.1 Å². The van der Waals surface area contributed by atoms with E-state index in [4.69, 9.17) is 9.47 Å². The largest absolute Gasteiger partial charge is 0.490 e. The lowest BCUT2D eigenvalue weighted by atomic mass is 9.99. The summed E-state index contributed by atoms with van der Waals surface area (Å²) >= 11 is 0. The quantitative estimate of drug-likeness (QED) is 0.631. The maximum Gasteiger partial charge on any atom is 0.235 e. The predicted octanol–water partition coefficient (Wildman–Crippen LogP) is 4.48. The molecule has 0 aliphatic carbocycles. The molecule has 0 bridgehead atoms. The zero-order valence-electron chi connectivity index (χ0n) is 17.7. The van der Waals surface area contributed by atoms with E-state index in [1.807, 2.05) is 39.0 Å². The van der Waals surface area contributed by atoms with Crippen LogP contribution < -0.4 is 13.8 Å². The van der Waals surface area contributed by atoms with Gasteiger partial charge in [-0.2, -0.15) is 0 Å². The zero-order valence-corrected chi connectivity index (χ0v) is 18.5. The number of fused-ring (bicyclic) bond motifs is 2. The van der Waals surface area contributed by atoms with Crippen LogP contribution in [0.1, 0.15) is 44.7 Å². The number of hydrogen-bond donors (Lipinski definition) is 0. The Balaban J connectivity index is 1.41. The highest BCUT2D eigenvalue weighted by atomic mass is 32.2. The van der Waals surface area contributed by atoms with Crippen LogP contribution in [-0.2, 0) is 22.9 Å². The van der Waals surface area contributed by atoms with Crippen LogP contribution in [0, 0.1) is 5.82 Å². The molecule has 0 amide bonds. The number of ether oxygens (including phenoxy) is 2. The topological polar surface area (TPSA) is 55.8 Å². The van der Waals surface area contributed by atoms with E-state index in [0.29, 0.717) is 30.7 Å². The molecule has 2 aromatic carbocycles. The first-order valence-corrected chi connectivity index (χ1v) is 12.0. The van der Waals surface area contributed by atoms with Crippen LogP contribution in [0.25, 0.3) is 0 Å². The molecule has 0 saturated heterocycles. The normalized spacial score (nSPS) is 19.7. The Morgan fingerprint density at radius 1 is 1.23 bits per heavy atom. The van der Waals surface area contributed by atoms with Crippen LogP contribution in [-0.4, -0.2) is 32.4 Å². The molecule has 30 heavy (non-hydrogen) atoms. The van der Waals surface area contributed by atoms with Gasteiger partial charge in [-0.3, -0.25) is 4.31 Å². The molecule has 0 N–H and O–H groups in total. The van der Waals surface area contributed by atoms with Gasteiger partial charge in [0.15, 0.2) is 11.5 Å². The molecule has 0 spiro atoms. The SMILES string of the molecule is CC1CCc2cc(F)ccc2N1S(=O)(=O)CCCOc1cccc2c1OC(C)(C)C2. The molecule has 2 aliphatic rings. The number of nitrogens with zero attached hydrogens (tertiary/aromatic N) is 1. The number of hydrogen-bond acceptors (Lipinski definition) is 4. The van der Waals surface area contributed by atoms with E-state index in [1.165, 1.54) is 16.4 Å². The Kier molecular flexibility index (Phi) is 5.43. The van der Waals surface area contributed by atoms with Gasteiger partial charge in [0.2, 0.25) is 10.0 Å². The second-order valence-electron chi connectivity index (χ2n) is 8.76. The molecule has 7 heteroatoms. The summed E-state index contributed by atoms with van der Waals surface area (Å²) < 4.78 is 53.1. The molecule has 1 unspecified atom stereocenters. The summed E-state index contributed by atoms with van der Waals surface area (Å²) in [6.07, 6.45) is 2.53.